The first kappa shape index (κ1) is 11.7. The summed E-state index contributed by atoms with van der Waals surface area (Å²) in [5, 5.41) is 9.51. The summed E-state index contributed by atoms with van der Waals surface area (Å²) in [5.41, 5.74) is 0. The molecule has 0 saturated heterocycles. The summed E-state index contributed by atoms with van der Waals surface area (Å²) < 4.78 is 28.5. The lowest BCUT2D eigenvalue weighted by Gasteiger charge is -2.08. The minimum Gasteiger partial charge on any atom is -0.504 e. The number of para-hydroxylation sites is 2. The predicted molar refractivity (Wildman–Crippen MR) is 63.7 cm³/mol. The van der Waals surface area contributed by atoms with Gasteiger partial charge in [-0.1, -0.05) is 12.1 Å². The number of ether oxygens (including phenoxy) is 1. The van der Waals surface area contributed by atoms with Crippen molar-refractivity contribution in [3.8, 4) is 11.5 Å². The van der Waals surface area contributed by atoms with Gasteiger partial charge in [0, 0.05) is 6.20 Å². The zero-order chi connectivity index (χ0) is 12.5. The predicted octanol–water partition coefficient (Wildman–Crippen LogP) is 1.46. The van der Waals surface area contributed by atoms with Crippen molar-refractivity contribution in [3.05, 3.63) is 35.4 Å². The minimum absolute atomic E-state index is 0.0267. The van der Waals surface area contributed by atoms with E-state index in [0.29, 0.717) is 0 Å². The lowest BCUT2D eigenvalue weighted by Crippen LogP contribution is -2.14. The fourth-order valence-electron chi connectivity index (χ4n) is 1.33. The number of rotatable bonds is 3. The topological polar surface area (TPSA) is 76.0 Å². The van der Waals surface area contributed by atoms with E-state index in [-0.39, 0.29) is 28.1 Å². The highest BCUT2D eigenvalue weighted by Gasteiger charge is 2.26. The second kappa shape index (κ2) is 4.21. The summed E-state index contributed by atoms with van der Waals surface area (Å²) in [7, 11) is -3.44. The van der Waals surface area contributed by atoms with Crippen LogP contribution in [0.2, 0.25) is 0 Å². The van der Waals surface area contributed by atoms with E-state index in [9.17, 15) is 13.5 Å². The van der Waals surface area contributed by atoms with Crippen LogP contribution >= 0.6 is 0 Å². The summed E-state index contributed by atoms with van der Waals surface area (Å²) in [4.78, 5) is 3.82. The van der Waals surface area contributed by atoms with E-state index >= 15 is 0 Å². The van der Waals surface area contributed by atoms with Crippen LogP contribution in [-0.4, -0.2) is 25.2 Å². The second-order valence-corrected chi connectivity index (χ2v) is 5.63. The average Bonchev–Trinajstić information content (AvgIpc) is 2.54. The SMILES string of the molecule is CC1=NC=C(COc2ccccc2O)S1(=O)=O. The van der Waals surface area contributed by atoms with Gasteiger partial charge in [0.2, 0.25) is 9.84 Å². The maximum Gasteiger partial charge on any atom is 0.220 e. The van der Waals surface area contributed by atoms with Gasteiger partial charge in [0.05, 0.1) is 0 Å². The van der Waals surface area contributed by atoms with Gasteiger partial charge < -0.3 is 9.84 Å². The first-order chi connectivity index (χ1) is 8.01. The van der Waals surface area contributed by atoms with Gasteiger partial charge in [-0.15, -0.1) is 0 Å². The Hall–Kier alpha value is -1.82. The average molecular weight is 253 g/mol. The quantitative estimate of drug-likeness (QED) is 0.884. The molecule has 0 saturated carbocycles. The number of hydrogen-bond donors (Lipinski definition) is 1. The molecule has 1 aliphatic rings. The molecule has 0 bridgehead atoms. The lowest BCUT2D eigenvalue weighted by atomic mass is 10.3. The minimum atomic E-state index is -3.44. The number of phenols is 1. The lowest BCUT2D eigenvalue weighted by molar-refractivity contribution is 0.332. The van der Waals surface area contributed by atoms with Crippen molar-refractivity contribution in [2.45, 2.75) is 6.92 Å². The van der Waals surface area contributed by atoms with Crippen molar-refractivity contribution in [3.63, 3.8) is 0 Å². The van der Waals surface area contributed by atoms with Crippen LogP contribution in [0.3, 0.4) is 0 Å². The molecule has 2 rings (SSSR count). The highest BCUT2D eigenvalue weighted by molar-refractivity contribution is 8.09. The van der Waals surface area contributed by atoms with E-state index in [0.717, 1.165) is 0 Å². The van der Waals surface area contributed by atoms with Gasteiger partial charge in [-0.2, -0.15) is 0 Å². The third-order valence-corrected chi connectivity index (χ3v) is 4.16. The molecule has 1 aromatic carbocycles. The number of phenolic OH excluding ortho intramolecular Hbond substituents is 1. The van der Waals surface area contributed by atoms with Crippen molar-refractivity contribution in [1.82, 2.24) is 0 Å². The maximum absolute atomic E-state index is 11.7. The van der Waals surface area contributed by atoms with Gasteiger partial charge >= 0.3 is 0 Å². The van der Waals surface area contributed by atoms with Gasteiger partial charge in [-0.3, -0.25) is 0 Å². The zero-order valence-electron chi connectivity index (χ0n) is 9.12. The molecule has 0 fully saturated rings. The van der Waals surface area contributed by atoms with Gasteiger partial charge in [-0.05, 0) is 19.1 Å². The van der Waals surface area contributed by atoms with Crippen LogP contribution < -0.4 is 4.74 Å². The molecule has 0 spiro atoms. The van der Waals surface area contributed by atoms with Crippen LogP contribution in [0, 0.1) is 0 Å². The van der Waals surface area contributed by atoms with E-state index in [2.05, 4.69) is 4.99 Å². The van der Waals surface area contributed by atoms with E-state index in [1.165, 1.54) is 19.2 Å². The Morgan fingerprint density at radius 2 is 2.06 bits per heavy atom. The fraction of sp³-hybridized carbons (Fsp3) is 0.182. The first-order valence-corrected chi connectivity index (χ1v) is 6.39. The van der Waals surface area contributed by atoms with Gasteiger partial charge in [0.1, 0.15) is 16.6 Å². The molecule has 0 amide bonds. The van der Waals surface area contributed by atoms with Crippen LogP contribution in [0.15, 0.2) is 40.4 Å². The number of aromatic hydroxyl groups is 1. The molecule has 0 unspecified atom stereocenters. The smallest absolute Gasteiger partial charge is 0.220 e. The Morgan fingerprint density at radius 1 is 1.35 bits per heavy atom. The molecule has 0 atom stereocenters. The largest absolute Gasteiger partial charge is 0.504 e. The molecular formula is C11H11NO4S. The van der Waals surface area contributed by atoms with E-state index in [1.54, 1.807) is 18.2 Å². The highest BCUT2D eigenvalue weighted by Crippen LogP contribution is 2.26. The Balaban J connectivity index is 2.10. The Labute approximate surface area is 99.0 Å². The summed E-state index contributed by atoms with van der Waals surface area (Å²) in [6.45, 7) is 1.29. The molecule has 1 aliphatic heterocycles. The number of nitrogens with zero attached hydrogens (tertiary/aromatic N) is 1. The van der Waals surface area contributed by atoms with Crippen LogP contribution in [0.5, 0.6) is 11.5 Å². The third kappa shape index (κ3) is 2.16. The normalized spacial score (nSPS) is 17.5. The molecular weight excluding hydrogens is 242 g/mol. The van der Waals surface area contributed by atoms with E-state index in [1.807, 2.05) is 0 Å². The van der Waals surface area contributed by atoms with Crippen molar-refractivity contribution in [2.24, 2.45) is 4.99 Å². The van der Waals surface area contributed by atoms with E-state index in [4.69, 9.17) is 4.74 Å². The number of hydrogen-bond acceptors (Lipinski definition) is 5. The summed E-state index contributed by atoms with van der Waals surface area (Å²) in [6.07, 6.45) is 1.27. The Morgan fingerprint density at radius 3 is 2.65 bits per heavy atom. The molecule has 0 aliphatic carbocycles. The number of aliphatic imine (C=N–C) groups is 1. The molecule has 1 N–H and O–H groups in total. The monoisotopic (exact) mass is 253 g/mol. The molecule has 6 heteroatoms. The van der Waals surface area contributed by atoms with Crippen LogP contribution in [0.25, 0.3) is 0 Å². The first-order valence-electron chi connectivity index (χ1n) is 4.91. The molecule has 0 aromatic heterocycles. The van der Waals surface area contributed by atoms with E-state index < -0.39 is 9.84 Å². The number of sulfone groups is 1. The molecule has 1 aromatic rings. The Kier molecular flexibility index (Phi) is 2.89. The van der Waals surface area contributed by atoms with Crippen LogP contribution in [0.4, 0.5) is 0 Å². The van der Waals surface area contributed by atoms with Crippen molar-refractivity contribution >= 4 is 14.9 Å². The fourth-order valence-corrected chi connectivity index (χ4v) is 2.31. The van der Waals surface area contributed by atoms with Gasteiger partial charge in [0.15, 0.2) is 11.5 Å². The zero-order valence-corrected chi connectivity index (χ0v) is 9.94. The third-order valence-electron chi connectivity index (χ3n) is 2.36. The van der Waals surface area contributed by atoms with Crippen molar-refractivity contribution in [1.29, 1.82) is 0 Å². The standard InChI is InChI=1S/C11H11NO4S/c1-8-12-6-9(17(8,14)15)7-16-11-5-3-2-4-10(11)13/h2-6,13H,7H2,1H3. The summed E-state index contributed by atoms with van der Waals surface area (Å²) in [5.74, 6) is 0.217. The highest BCUT2D eigenvalue weighted by atomic mass is 32.2. The summed E-state index contributed by atoms with van der Waals surface area (Å²) >= 11 is 0. The molecule has 0 radical (unpaired) electrons. The number of benzene rings is 1. The van der Waals surface area contributed by atoms with Crippen LogP contribution in [-0.2, 0) is 9.84 Å². The summed E-state index contributed by atoms with van der Waals surface area (Å²) in [6, 6.07) is 6.37. The molecule has 17 heavy (non-hydrogen) atoms. The second-order valence-electron chi connectivity index (χ2n) is 3.50. The Bertz CT molecular complexity index is 602. The maximum atomic E-state index is 11.7. The van der Waals surface area contributed by atoms with Crippen molar-refractivity contribution < 1.29 is 18.3 Å². The molecule has 1 heterocycles. The molecule has 90 valence electrons. The van der Waals surface area contributed by atoms with Gasteiger partial charge in [0.25, 0.3) is 0 Å². The van der Waals surface area contributed by atoms with Gasteiger partial charge in [-0.25, -0.2) is 13.4 Å². The van der Waals surface area contributed by atoms with Crippen LogP contribution in [0.1, 0.15) is 6.92 Å². The molecule has 5 nitrogen and oxygen atoms in total. The van der Waals surface area contributed by atoms with Crippen molar-refractivity contribution in [2.75, 3.05) is 6.61 Å².